The highest BCUT2D eigenvalue weighted by molar-refractivity contribution is 5.81. The van der Waals surface area contributed by atoms with Crippen molar-refractivity contribution in [3.05, 3.63) is 11.6 Å². The number of methoxy groups -OCH3 is 1. The summed E-state index contributed by atoms with van der Waals surface area (Å²) < 4.78 is 4.81. The zero-order valence-electron chi connectivity index (χ0n) is 9.29. The van der Waals surface area contributed by atoms with E-state index < -0.39 is 6.04 Å². The fourth-order valence-corrected chi connectivity index (χ4v) is 1.70. The Morgan fingerprint density at radius 2 is 2.53 bits per heavy atom. The molecule has 0 heterocycles. The summed E-state index contributed by atoms with van der Waals surface area (Å²) in [5.74, 6) is -0.129. The minimum absolute atomic E-state index is 0.129. The lowest BCUT2D eigenvalue weighted by Crippen LogP contribution is -2.43. The third-order valence-corrected chi connectivity index (χ3v) is 2.56. The molecule has 3 N–H and O–H groups in total. The zero-order valence-corrected chi connectivity index (χ0v) is 9.29. The van der Waals surface area contributed by atoms with Crippen molar-refractivity contribution in [1.82, 2.24) is 5.32 Å². The largest absolute Gasteiger partial charge is 0.383 e. The van der Waals surface area contributed by atoms with Crippen molar-refractivity contribution in [3.63, 3.8) is 0 Å². The molecule has 0 saturated heterocycles. The molecule has 0 bridgehead atoms. The predicted octanol–water partition coefficient (Wildman–Crippen LogP) is 0.577. The molecule has 4 heteroatoms. The molecule has 0 saturated carbocycles. The topological polar surface area (TPSA) is 64.3 Å². The second-order valence-corrected chi connectivity index (χ2v) is 3.86. The van der Waals surface area contributed by atoms with Crippen LogP contribution in [0.15, 0.2) is 11.6 Å². The number of hydrogen-bond acceptors (Lipinski definition) is 3. The Balaban J connectivity index is 2.11. The van der Waals surface area contributed by atoms with E-state index in [1.165, 1.54) is 31.9 Å². The van der Waals surface area contributed by atoms with E-state index in [9.17, 15) is 4.79 Å². The molecule has 1 aliphatic carbocycles. The van der Waals surface area contributed by atoms with Crippen molar-refractivity contribution < 1.29 is 9.53 Å². The number of nitrogens with two attached hydrogens (primary N) is 1. The van der Waals surface area contributed by atoms with Gasteiger partial charge in [-0.2, -0.15) is 0 Å². The highest BCUT2D eigenvalue weighted by Crippen LogP contribution is 2.19. The highest BCUT2D eigenvalue weighted by atomic mass is 16.5. The van der Waals surface area contributed by atoms with Crippen LogP contribution in [0, 0.1) is 0 Å². The molecular weight excluding hydrogens is 192 g/mol. The fraction of sp³-hybridized carbons (Fsp3) is 0.727. The molecule has 1 atom stereocenters. The van der Waals surface area contributed by atoms with Crippen LogP contribution >= 0.6 is 0 Å². The van der Waals surface area contributed by atoms with Crippen LogP contribution in [0.25, 0.3) is 0 Å². The molecule has 0 aromatic heterocycles. The molecule has 1 rings (SSSR count). The van der Waals surface area contributed by atoms with Crippen LogP contribution in [0.1, 0.15) is 25.7 Å². The molecule has 15 heavy (non-hydrogen) atoms. The van der Waals surface area contributed by atoms with E-state index in [0.29, 0.717) is 6.54 Å². The number of hydrogen-bond donors (Lipinski definition) is 2. The minimum Gasteiger partial charge on any atom is -0.383 e. The van der Waals surface area contributed by atoms with Gasteiger partial charge in [-0.15, -0.1) is 0 Å². The summed E-state index contributed by atoms with van der Waals surface area (Å²) in [4.78, 5) is 11.4. The molecule has 4 nitrogen and oxygen atoms in total. The molecule has 0 aromatic rings. The SMILES string of the molecule is COCC(N)C(=O)NCCC1=CCCC1. The summed E-state index contributed by atoms with van der Waals surface area (Å²) in [5.41, 5.74) is 7.02. The summed E-state index contributed by atoms with van der Waals surface area (Å²) in [7, 11) is 1.54. The van der Waals surface area contributed by atoms with Gasteiger partial charge in [-0.1, -0.05) is 11.6 Å². The molecule has 0 fully saturated rings. The number of allylic oxidation sites excluding steroid dienone is 1. The van der Waals surface area contributed by atoms with Crippen LogP contribution in [-0.2, 0) is 9.53 Å². The van der Waals surface area contributed by atoms with E-state index in [1.54, 1.807) is 0 Å². The van der Waals surface area contributed by atoms with Gasteiger partial charge in [0.15, 0.2) is 0 Å². The van der Waals surface area contributed by atoms with Gasteiger partial charge in [0, 0.05) is 13.7 Å². The maximum Gasteiger partial charge on any atom is 0.239 e. The first-order chi connectivity index (χ1) is 7.24. The van der Waals surface area contributed by atoms with Crippen molar-refractivity contribution in [2.75, 3.05) is 20.3 Å². The average molecular weight is 212 g/mol. The number of ether oxygens (including phenoxy) is 1. The first kappa shape index (κ1) is 12.2. The number of carbonyl (C=O) groups excluding carboxylic acids is 1. The van der Waals surface area contributed by atoms with Crippen LogP contribution < -0.4 is 11.1 Å². The van der Waals surface area contributed by atoms with Crippen molar-refractivity contribution in [2.45, 2.75) is 31.7 Å². The maximum atomic E-state index is 11.4. The van der Waals surface area contributed by atoms with E-state index in [-0.39, 0.29) is 12.5 Å². The fourth-order valence-electron chi connectivity index (χ4n) is 1.70. The van der Waals surface area contributed by atoms with Crippen LogP contribution in [0.3, 0.4) is 0 Å². The molecule has 0 spiro atoms. The number of carbonyl (C=O) groups is 1. The summed E-state index contributed by atoms with van der Waals surface area (Å²) in [6.07, 6.45) is 6.84. The van der Waals surface area contributed by atoms with Gasteiger partial charge in [-0.3, -0.25) is 4.79 Å². The first-order valence-corrected chi connectivity index (χ1v) is 5.44. The van der Waals surface area contributed by atoms with Gasteiger partial charge in [0.05, 0.1) is 6.61 Å². The average Bonchev–Trinajstić information content (AvgIpc) is 2.71. The van der Waals surface area contributed by atoms with Gasteiger partial charge >= 0.3 is 0 Å². The van der Waals surface area contributed by atoms with Crippen LogP contribution in [0.5, 0.6) is 0 Å². The Morgan fingerprint density at radius 3 is 3.13 bits per heavy atom. The lowest BCUT2D eigenvalue weighted by molar-refractivity contribution is -0.123. The van der Waals surface area contributed by atoms with Gasteiger partial charge in [0.1, 0.15) is 6.04 Å². The quantitative estimate of drug-likeness (QED) is 0.633. The molecule has 1 unspecified atom stereocenters. The van der Waals surface area contributed by atoms with Crippen molar-refractivity contribution in [3.8, 4) is 0 Å². The minimum atomic E-state index is -0.549. The summed E-state index contributed by atoms with van der Waals surface area (Å²) in [6.45, 7) is 0.955. The highest BCUT2D eigenvalue weighted by Gasteiger charge is 2.12. The van der Waals surface area contributed by atoms with Crippen molar-refractivity contribution in [1.29, 1.82) is 0 Å². The van der Waals surface area contributed by atoms with Crippen molar-refractivity contribution >= 4 is 5.91 Å². The Labute approximate surface area is 90.9 Å². The maximum absolute atomic E-state index is 11.4. The van der Waals surface area contributed by atoms with Crippen LogP contribution in [0.2, 0.25) is 0 Å². The van der Waals surface area contributed by atoms with E-state index >= 15 is 0 Å². The molecular formula is C11H20N2O2. The second-order valence-electron chi connectivity index (χ2n) is 3.86. The zero-order chi connectivity index (χ0) is 11.1. The summed E-state index contributed by atoms with van der Waals surface area (Å²) in [5, 5.41) is 2.81. The van der Waals surface area contributed by atoms with E-state index in [1.807, 2.05) is 0 Å². The van der Waals surface area contributed by atoms with Gasteiger partial charge in [-0.05, 0) is 25.7 Å². The Kier molecular flexibility index (Phi) is 5.36. The molecule has 0 aromatic carbocycles. The van der Waals surface area contributed by atoms with Crippen LogP contribution in [0.4, 0.5) is 0 Å². The Morgan fingerprint density at radius 1 is 1.73 bits per heavy atom. The standard InChI is InChI=1S/C11H20N2O2/c1-15-8-10(12)11(14)13-7-6-9-4-2-3-5-9/h4,10H,2-3,5-8,12H2,1H3,(H,13,14). The number of amides is 1. The lowest BCUT2D eigenvalue weighted by Gasteiger charge is -2.11. The normalized spacial score (nSPS) is 17.3. The monoisotopic (exact) mass is 212 g/mol. The first-order valence-electron chi connectivity index (χ1n) is 5.44. The number of nitrogens with one attached hydrogen (secondary N) is 1. The summed E-state index contributed by atoms with van der Waals surface area (Å²) in [6, 6.07) is -0.549. The number of rotatable bonds is 6. The van der Waals surface area contributed by atoms with Gasteiger partial charge < -0.3 is 15.8 Å². The second kappa shape index (κ2) is 6.58. The Bertz CT molecular complexity index is 239. The van der Waals surface area contributed by atoms with Gasteiger partial charge in [0.25, 0.3) is 0 Å². The molecule has 1 amide bonds. The lowest BCUT2D eigenvalue weighted by atomic mass is 10.1. The van der Waals surface area contributed by atoms with Gasteiger partial charge in [-0.25, -0.2) is 0 Å². The Hall–Kier alpha value is -0.870. The molecule has 86 valence electrons. The predicted molar refractivity (Wildman–Crippen MR) is 59.4 cm³/mol. The summed E-state index contributed by atoms with van der Waals surface area (Å²) >= 11 is 0. The van der Waals surface area contributed by atoms with Crippen LogP contribution in [-0.4, -0.2) is 32.2 Å². The van der Waals surface area contributed by atoms with Gasteiger partial charge in [0.2, 0.25) is 5.91 Å². The molecule has 0 aliphatic heterocycles. The van der Waals surface area contributed by atoms with E-state index in [2.05, 4.69) is 11.4 Å². The smallest absolute Gasteiger partial charge is 0.239 e. The molecule has 1 aliphatic rings. The van der Waals surface area contributed by atoms with E-state index in [4.69, 9.17) is 10.5 Å². The van der Waals surface area contributed by atoms with E-state index in [0.717, 1.165) is 6.42 Å². The third kappa shape index (κ3) is 4.44. The van der Waals surface area contributed by atoms with Crippen molar-refractivity contribution in [2.24, 2.45) is 5.73 Å². The third-order valence-electron chi connectivity index (χ3n) is 2.56. The molecule has 0 radical (unpaired) electrons.